The number of aliphatic hydroxyl groups excluding tert-OH is 1. The summed E-state index contributed by atoms with van der Waals surface area (Å²) in [7, 11) is 0. The Morgan fingerprint density at radius 1 is 1.69 bits per heavy atom. The molecule has 0 amide bonds. The summed E-state index contributed by atoms with van der Waals surface area (Å²) in [6, 6.07) is 2.87. The van der Waals surface area contributed by atoms with Crippen LogP contribution in [0.4, 0.5) is 5.82 Å². The lowest BCUT2D eigenvalue weighted by Gasteiger charge is -2.10. The molecule has 1 atom stereocenters. The third-order valence-electron chi connectivity index (χ3n) is 1.67. The van der Waals surface area contributed by atoms with Gasteiger partial charge in [-0.1, -0.05) is 0 Å². The lowest BCUT2D eigenvalue weighted by Crippen LogP contribution is -2.17. The Morgan fingerprint density at radius 3 is 2.92 bits per heavy atom. The van der Waals surface area contributed by atoms with Gasteiger partial charge in [-0.15, -0.1) is 0 Å². The van der Waals surface area contributed by atoms with Gasteiger partial charge in [-0.25, -0.2) is 4.98 Å². The molecule has 0 saturated heterocycles. The molecule has 0 aliphatic heterocycles. The molecule has 0 unspecified atom stereocenters. The third-order valence-corrected chi connectivity index (χ3v) is 1.67. The normalized spacial score (nSPS) is 12.1. The first-order valence-electron chi connectivity index (χ1n) is 3.71. The molecule has 0 radical (unpaired) electrons. The Labute approximate surface area is 75.6 Å². The van der Waals surface area contributed by atoms with E-state index in [2.05, 4.69) is 4.98 Å². The molecule has 0 aromatic carbocycles. The van der Waals surface area contributed by atoms with E-state index in [0.717, 1.165) is 0 Å². The Morgan fingerprint density at radius 2 is 2.38 bits per heavy atom. The van der Waals surface area contributed by atoms with Crippen LogP contribution in [0.15, 0.2) is 12.3 Å². The van der Waals surface area contributed by atoms with E-state index >= 15 is 0 Å². The van der Waals surface area contributed by atoms with Crippen molar-refractivity contribution in [3.05, 3.63) is 23.4 Å². The highest BCUT2D eigenvalue weighted by atomic mass is 16.3. The maximum atomic E-state index is 8.79. The molecule has 0 aliphatic carbocycles. The molecular formula is C8H10N4O. The number of nitriles is 1. The fraction of sp³-hybridized carbons (Fsp3) is 0.250. The van der Waals surface area contributed by atoms with Crippen molar-refractivity contribution in [2.75, 3.05) is 12.3 Å². The summed E-state index contributed by atoms with van der Waals surface area (Å²) in [4.78, 5) is 3.78. The Bertz CT molecular complexity index is 344. The van der Waals surface area contributed by atoms with Gasteiger partial charge in [-0.2, -0.15) is 5.26 Å². The number of anilines is 1. The standard InChI is InChI=1S/C8H10N4O/c9-2-5-1-6(7(10)4-13)8(11)12-3-5/h1,3,7,13H,4,10H2,(H2,11,12)/t7-/m1/s1. The molecule has 0 saturated carbocycles. The maximum Gasteiger partial charge on any atom is 0.128 e. The lowest BCUT2D eigenvalue weighted by atomic mass is 10.1. The topological polar surface area (TPSA) is 109 Å². The molecule has 0 fully saturated rings. The Hall–Kier alpha value is -1.64. The number of hydrogen-bond donors (Lipinski definition) is 3. The number of aromatic nitrogens is 1. The van der Waals surface area contributed by atoms with Crippen molar-refractivity contribution in [3.8, 4) is 6.07 Å². The highest BCUT2D eigenvalue weighted by molar-refractivity contribution is 5.45. The first-order valence-corrected chi connectivity index (χ1v) is 3.71. The summed E-state index contributed by atoms with van der Waals surface area (Å²) < 4.78 is 0. The zero-order valence-corrected chi connectivity index (χ0v) is 6.94. The van der Waals surface area contributed by atoms with Crippen molar-refractivity contribution in [2.45, 2.75) is 6.04 Å². The molecule has 1 rings (SSSR count). The van der Waals surface area contributed by atoms with Gasteiger partial charge in [0.05, 0.1) is 18.2 Å². The molecule has 1 aromatic rings. The second kappa shape index (κ2) is 3.85. The number of hydrogen-bond acceptors (Lipinski definition) is 5. The van der Waals surface area contributed by atoms with E-state index in [4.69, 9.17) is 21.8 Å². The van der Waals surface area contributed by atoms with Gasteiger partial charge in [0, 0.05) is 11.8 Å². The molecule has 5 N–H and O–H groups in total. The van der Waals surface area contributed by atoms with Crippen LogP contribution < -0.4 is 11.5 Å². The summed E-state index contributed by atoms with van der Waals surface area (Å²) in [5.74, 6) is 0.251. The van der Waals surface area contributed by atoms with Crippen LogP contribution in [0.5, 0.6) is 0 Å². The third kappa shape index (κ3) is 1.93. The molecule has 13 heavy (non-hydrogen) atoms. The number of nitrogens with zero attached hydrogens (tertiary/aromatic N) is 2. The first kappa shape index (κ1) is 9.45. The number of nitrogen functional groups attached to an aromatic ring is 1. The van der Waals surface area contributed by atoms with Crippen LogP contribution in [0.3, 0.4) is 0 Å². The van der Waals surface area contributed by atoms with Crippen molar-refractivity contribution in [1.82, 2.24) is 4.98 Å². The van der Waals surface area contributed by atoms with Gasteiger partial charge < -0.3 is 16.6 Å². The van der Waals surface area contributed by atoms with Crippen LogP contribution in [0, 0.1) is 11.3 Å². The smallest absolute Gasteiger partial charge is 0.128 e. The van der Waals surface area contributed by atoms with E-state index < -0.39 is 6.04 Å². The van der Waals surface area contributed by atoms with Crippen LogP contribution in [0.2, 0.25) is 0 Å². The average Bonchev–Trinajstić information content (AvgIpc) is 2.17. The van der Waals surface area contributed by atoms with Crippen molar-refractivity contribution in [1.29, 1.82) is 5.26 Å². The molecule has 0 spiro atoms. The quantitative estimate of drug-likeness (QED) is 0.567. The average molecular weight is 178 g/mol. The van der Waals surface area contributed by atoms with Crippen LogP contribution in [0.25, 0.3) is 0 Å². The summed E-state index contributed by atoms with van der Waals surface area (Å²) in [6.45, 7) is -0.221. The SMILES string of the molecule is N#Cc1cnc(N)c([C@H](N)CO)c1. The van der Waals surface area contributed by atoms with Crippen LogP contribution in [0.1, 0.15) is 17.2 Å². The summed E-state index contributed by atoms with van der Waals surface area (Å²) >= 11 is 0. The number of nitrogens with two attached hydrogens (primary N) is 2. The van der Waals surface area contributed by atoms with E-state index in [9.17, 15) is 0 Å². The Balaban J connectivity index is 3.12. The van der Waals surface area contributed by atoms with Gasteiger partial charge in [0.2, 0.25) is 0 Å². The van der Waals surface area contributed by atoms with Gasteiger partial charge in [-0.05, 0) is 6.07 Å². The van der Waals surface area contributed by atoms with Gasteiger partial charge >= 0.3 is 0 Å². The lowest BCUT2D eigenvalue weighted by molar-refractivity contribution is 0.268. The molecule has 0 aliphatic rings. The van der Waals surface area contributed by atoms with Crippen LogP contribution in [-0.2, 0) is 0 Å². The summed E-state index contributed by atoms with van der Waals surface area (Å²) in [5, 5.41) is 17.4. The molecule has 1 aromatic heterocycles. The largest absolute Gasteiger partial charge is 0.394 e. The van der Waals surface area contributed by atoms with Crippen molar-refractivity contribution in [3.63, 3.8) is 0 Å². The molecule has 0 bridgehead atoms. The van der Waals surface area contributed by atoms with Crippen LogP contribution >= 0.6 is 0 Å². The molecule has 5 nitrogen and oxygen atoms in total. The van der Waals surface area contributed by atoms with E-state index in [1.165, 1.54) is 12.3 Å². The molecule has 5 heteroatoms. The van der Waals surface area contributed by atoms with Crippen LogP contribution in [-0.4, -0.2) is 16.7 Å². The molecule has 1 heterocycles. The second-order valence-electron chi connectivity index (χ2n) is 2.60. The van der Waals surface area contributed by atoms with E-state index in [-0.39, 0.29) is 12.4 Å². The number of aliphatic hydroxyl groups is 1. The number of rotatable bonds is 2. The highest BCUT2D eigenvalue weighted by Gasteiger charge is 2.09. The van der Waals surface area contributed by atoms with Crippen molar-refractivity contribution < 1.29 is 5.11 Å². The zero-order chi connectivity index (χ0) is 9.84. The minimum Gasteiger partial charge on any atom is -0.394 e. The van der Waals surface area contributed by atoms with Gasteiger partial charge in [0.25, 0.3) is 0 Å². The monoisotopic (exact) mass is 178 g/mol. The second-order valence-corrected chi connectivity index (χ2v) is 2.60. The zero-order valence-electron chi connectivity index (χ0n) is 6.94. The van der Waals surface area contributed by atoms with Gasteiger partial charge in [0.1, 0.15) is 11.9 Å². The van der Waals surface area contributed by atoms with Gasteiger partial charge in [0.15, 0.2) is 0 Å². The predicted octanol–water partition coefficient (Wildman–Crippen LogP) is -0.472. The Kier molecular flexibility index (Phi) is 2.80. The fourth-order valence-electron chi connectivity index (χ4n) is 0.949. The first-order chi connectivity index (χ1) is 6.19. The van der Waals surface area contributed by atoms with E-state index in [0.29, 0.717) is 11.1 Å². The number of pyridine rings is 1. The van der Waals surface area contributed by atoms with E-state index in [1.807, 2.05) is 6.07 Å². The maximum absolute atomic E-state index is 8.79. The summed E-state index contributed by atoms with van der Waals surface area (Å²) in [5.41, 5.74) is 11.9. The minimum atomic E-state index is -0.583. The van der Waals surface area contributed by atoms with Crippen molar-refractivity contribution >= 4 is 5.82 Å². The van der Waals surface area contributed by atoms with Gasteiger partial charge in [-0.3, -0.25) is 0 Å². The fourth-order valence-corrected chi connectivity index (χ4v) is 0.949. The predicted molar refractivity (Wildman–Crippen MR) is 47.4 cm³/mol. The van der Waals surface area contributed by atoms with Crippen molar-refractivity contribution in [2.24, 2.45) is 5.73 Å². The highest BCUT2D eigenvalue weighted by Crippen LogP contribution is 2.16. The van der Waals surface area contributed by atoms with E-state index in [1.54, 1.807) is 0 Å². The summed E-state index contributed by atoms with van der Waals surface area (Å²) in [6.07, 6.45) is 1.36. The molecule has 68 valence electrons. The minimum absolute atomic E-state index is 0.221. The molecular weight excluding hydrogens is 168 g/mol.